The number of aliphatic hydroxyl groups is 1. The van der Waals surface area contributed by atoms with Gasteiger partial charge in [0.15, 0.2) is 6.10 Å². The van der Waals surface area contributed by atoms with E-state index in [4.69, 9.17) is 23.3 Å². The van der Waals surface area contributed by atoms with Gasteiger partial charge in [-0.15, -0.1) is 0 Å². The zero-order valence-electron chi connectivity index (χ0n) is 45.2. The lowest BCUT2D eigenvalue weighted by atomic mass is 10.1. The maximum atomic E-state index is 12.9. The van der Waals surface area contributed by atoms with E-state index in [1.54, 1.807) is 0 Å². The van der Waals surface area contributed by atoms with Crippen LogP contribution in [0.2, 0.25) is 0 Å². The lowest BCUT2D eigenvalue weighted by Crippen LogP contribution is -2.30. The first kappa shape index (κ1) is 67.7. The Morgan fingerprint density at radius 2 is 0.700 bits per heavy atom. The van der Waals surface area contributed by atoms with Crippen molar-refractivity contribution in [3.05, 3.63) is 36.5 Å². The normalized spacial score (nSPS) is 13.6. The Morgan fingerprint density at radius 3 is 1.10 bits per heavy atom. The minimum Gasteiger partial charge on any atom is -0.462 e. The first-order chi connectivity index (χ1) is 34.2. The van der Waals surface area contributed by atoms with E-state index in [0.717, 1.165) is 96.3 Å². The summed E-state index contributed by atoms with van der Waals surface area (Å²) >= 11 is 0. The summed E-state index contributed by atoms with van der Waals surface area (Å²) in [7, 11) is -4.74. The van der Waals surface area contributed by atoms with Crippen molar-refractivity contribution in [3.63, 3.8) is 0 Å². The van der Waals surface area contributed by atoms with Crippen LogP contribution in [0.15, 0.2) is 36.5 Å². The highest BCUT2D eigenvalue weighted by Crippen LogP contribution is 2.43. The fourth-order valence-electron chi connectivity index (χ4n) is 8.09. The predicted octanol–water partition coefficient (Wildman–Crippen LogP) is 16.8. The average Bonchev–Trinajstić information content (AvgIpc) is 3.35. The number of hydrogen-bond acceptors (Lipinski definition) is 10. The van der Waals surface area contributed by atoms with Crippen LogP contribution < -0.4 is 0 Å². The number of ether oxygens (including phenoxy) is 3. The maximum Gasteiger partial charge on any atom is 0.472 e. The van der Waals surface area contributed by atoms with E-state index in [-0.39, 0.29) is 25.9 Å². The molecule has 0 fully saturated rings. The topological polar surface area (TPSA) is 155 Å². The molecular formula is C58H107O11P. The zero-order chi connectivity index (χ0) is 51.3. The monoisotopic (exact) mass is 1010 g/mol. The molecule has 0 aromatic heterocycles. The molecule has 2 N–H and O–H groups in total. The largest absolute Gasteiger partial charge is 0.472 e. The third-order valence-corrected chi connectivity index (χ3v) is 13.5. The predicted molar refractivity (Wildman–Crippen MR) is 289 cm³/mol. The summed E-state index contributed by atoms with van der Waals surface area (Å²) in [6.45, 7) is 4.62. The van der Waals surface area contributed by atoms with Crippen LogP contribution in [-0.4, -0.2) is 66.5 Å². The van der Waals surface area contributed by atoms with Gasteiger partial charge in [-0.1, -0.05) is 218 Å². The van der Waals surface area contributed by atoms with Gasteiger partial charge in [-0.05, 0) is 77.0 Å². The van der Waals surface area contributed by atoms with Gasteiger partial charge in [0, 0.05) is 19.3 Å². The highest BCUT2D eigenvalue weighted by atomic mass is 31.2. The molecular weight excluding hydrogens is 904 g/mol. The van der Waals surface area contributed by atoms with Crippen LogP contribution >= 0.6 is 7.82 Å². The second kappa shape index (κ2) is 53.0. The second-order valence-electron chi connectivity index (χ2n) is 19.5. The van der Waals surface area contributed by atoms with Crippen molar-refractivity contribution in [2.24, 2.45) is 0 Å². The van der Waals surface area contributed by atoms with Crippen molar-refractivity contribution >= 4 is 25.7 Å². The van der Waals surface area contributed by atoms with E-state index < -0.39 is 57.8 Å². The molecule has 12 heteroatoms. The van der Waals surface area contributed by atoms with Crippen molar-refractivity contribution in [2.75, 3.05) is 26.4 Å². The Kier molecular flexibility index (Phi) is 51.3. The molecule has 0 aromatic carbocycles. The van der Waals surface area contributed by atoms with Crippen LogP contribution in [0.3, 0.4) is 0 Å². The molecule has 0 spiro atoms. The van der Waals surface area contributed by atoms with Gasteiger partial charge in [-0.2, -0.15) is 0 Å². The van der Waals surface area contributed by atoms with Crippen LogP contribution in [0, 0.1) is 0 Å². The molecule has 0 aromatic rings. The molecule has 410 valence electrons. The Labute approximate surface area is 429 Å². The Morgan fingerprint density at radius 1 is 0.400 bits per heavy atom. The summed E-state index contributed by atoms with van der Waals surface area (Å²) in [4.78, 5) is 48.5. The number of rotatable bonds is 54. The molecule has 0 aliphatic carbocycles. The van der Waals surface area contributed by atoms with Crippen LogP contribution in [0.4, 0.5) is 0 Å². The summed E-state index contributed by atoms with van der Waals surface area (Å²) in [5.74, 6) is -1.47. The molecule has 0 saturated carbocycles. The third kappa shape index (κ3) is 50.6. The molecule has 11 nitrogen and oxygen atoms in total. The highest BCUT2D eigenvalue weighted by molar-refractivity contribution is 7.47. The van der Waals surface area contributed by atoms with E-state index >= 15 is 0 Å². The van der Waals surface area contributed by atoms with E-state index in [2.05, 4.69) is 57.2 Å². The molecule has 0 rings (SSSR count). The fraction of sp³-hybridized carbons (Fsp3) is 0.845. The van der Waals surface area contributed by atoms with E-state index in [1.165, 1.54) is 122 Å². The first-order valence-corrected chi connectivity index (χ1v) is 30.4. The van der Waals surface area contributed by atoms with Crippen molar-refractivity contribution < 1.29 is 52.2 Å². The fourth-order valence-corrected chi connectivity index (χ4v) is 8.87. The van der Waals surface area contributed by atoms with E-state index in [1.807, 2.05) is 0 Å². The number of esters is 3. The number of phosphoric ester groups is 1. The minimum atomic E-state index is -4.74. The summed E-state index contributed by atoms with van der Waals surface area (Å²) in [6.07, 6.45) is 53.8. The molecule has 0 saturated heterocycles. The minimum absolute atomic E-state index is 0.160. The van der Waals surface area contributed by atoms with Gasteiger partial charge in [-0.3, -0.25) is 23.4 Å². The molecule has 0 heterocycles. The lowest BCUT2D eigenvalue weighted by molar-refractivity contribution is -0.161. The van der Waals surface area contributed by atoms with Gasteiger partial charge in [0.25, 0.3) is 0 Å². The maximum absolute atomic E-state index is 12.9. The number of unbranched alkanes of at least 4 members (excludes halogenated alkanes) is 31. The molecule has 0 aliphatic heterocycles. The second-order valence-corrected chi connectivity index (χ2v) is 20.9. The smallest absolute Gasteiger partial charge is 0.462 e. The number of carbonyl (C=O) groups excluding carboxylic acids is 3. The number of phosphoric acid groups is 1. The number of hydrogen-bond donors (Lipinski definition) is 2. The van der Waals surface area contributed by atoms with Crippen LogP contribution in [-0.2, 0) is 42.2 Å². The molecule has 3 atom stereocenters. The van der Waals surface area contributed by atoms with Crippen molar-refractivity contribution in [3.8, 4) is 0 Å². The van der Waals surface area contributed by atoms with E-state index in [9.17, 15) is 28.9 Å². The van der Waals surface area contributed by atoms with Gasteiger partial charge in [0.05, 0.1) is 19.8 Å². The SMILES string of the molecule is CCCCC/C=C\C/C=C\CCCCCCCCCC(=O)OC(COC(=O)CCCCCCC/C=C\CCCCCCCC)COP(=O)(O)OCC(CO)OC(=O)CCCCCCCCCCCCC. The van der Waals surface area contributed by atoms with Gasteiger partial charge >= 0.3 is 25.7 Å². The average molecular weight is 1010 g/mol. The third-order valence-electron chi connectivity index (χ3n) is 12.5. The zero-order valence-corrected chi connectivity index (χ0v) is 46.1. The highest BCUT2D eigenvalue weighted by Gasteiger charge is 2.28. The molecule has 0 amide bonds. The standard InChI is InChI=1S/C58H107O11P/c1-4-7-10-13-16-19-22-24-26-27-29-31-34-37-40-43-46-49-58(62)69-55(51-65-56(60)47-44-41-38-35-33-30-28-25-23-20-17-14-11-8-5-2)53-67-70(63,64)66-52-54(50-59)68-57(61)48-45-42-39-36-32-21-18-15-12-9-6-3/h16,19,24-26,28,54-55,59H,4-15,17-18,20-23,27,29-53H2,1-3H3,(H,63,64)/b19-16-,26-24-,28-25-. The van der Waals surface area contributed by atoms with E-state index in [0.29, 0.717) is 19.3 Å². The summed E-state index contributed by atoms with van der Waals surface area (Å²) in [5, 5.41) is 9.79. The quantitative estimate of drug-likeness (QED) is 0.0197. The molecule has 0 aliphatic rings. The van der Waals surface area contributed by atoms with Crippen molar-refractivity contribution in [1.82, 2.24) is 0 Å². The van der Waals surface area contributed by atoms with Crippen LogP contribution in [0.25, 0.3) is 0 Å². The Bertz CT molecular complexity index is 1320. The number of aliphatic hydroxyl groups excluding tert-OH is 1. The van der Waals surface area contributed by atoms with Gasteiger partial charge in [0.1, 0.15) is 12.7 Å². The molecule has 70 heavy (non-hydrogen) atoms. The van der Waals surface area contributed by atoms with Crippen LogP contribution in [0.1, 0.15) is 278 Å². The number of allylic oxidation sites excluding steroid dienone is 6. The summed E-state index contributed by atoms with van der Waals surface area (Å²) in [6, 6.07) is 0. The molecule has 0 bridgehead atoms. The lowest BCUT2D eigenvalue weighted by Gasteiger charge is -2.21. The summed E-state index contributed by atoms with van der Waals surface area (Å²) in [5.41, 5.74) is 0. The summed E-state index contributed by atoms with van der Waals surface area (Å²) < 4.78 is 39.5. The van der Waals surface area contributed by atoms with Gasteiger partial charge < -0.3 is 24.2 Å². The Balaban J connectivity index is 4.73. The molecule has 0 radical (unpaired) electrons. The number of carbonyl (C=O) groups is 3. The van der Waals surface area contributed by atoms with Gasteiger partial charge in [-0.25, -0.2) is 4.57 Å². The first-order valence-electron chi connectivity index (χ1n) is 28.9. The van der Waals surface area contributed by atoms with Crippen molar-refractivity contribution in [2.45, 2.75) is 290 Å². The Hall–Kier alpha value is -2.30. The van der Waals surface area contributed by atoms with Gasteiger partial charge in [0.2, 0.25) is 0 Å². The molecule has 3 unspecified atom stereocenters. The van der Waals surface area contributed by atoms with Crippen molar-refractivity contribution in [1.29, 1.82) is 0 Å². The van der Waals surface area contributed by atoms with Crippen LogP contribution in [0.5, 0.6) is 0 Å².